The molecule has 0 aliphatic heterocycles. The molecule has 6 heteroatoms. The fraction of sp³-hybridized carbons (Fsp3) is 0.522. The summed E-state index contributed by atoms with van der Waals surface area (Å²) < 4.78 is 1.90. The number of hydrogen-bond donors (Lipinski definition) is 1. The molecule has 1 heterocycles. The van der Waals surface area contributed by atoms with Gasteiger partial charge in [-0.1, -0.05) is 31.5 Å². The van der Waals surface area contributed by atoms with Crippen LogP contribution in [0.25, 0.3) is 0 Å². The number of anilines is 1. The second-order valence-electron chi connectivity index (χ2n) is 9.17. The molecule has 1 aromatic carbocycles. The lowest BCUT2D eigenvalue weighted by molar-refractivity contribution is -0.116. The Hall–Kier alpha value is -2.63. The van der Waals surface area contributed by atoms with Crippen LogP contribution in [0.2, 0.25) is 0 Å². The van der Waals surface area contributed by atoms with Gasteiger partial charge in [-0.3, -0.25) is 14.3 Å². The SMILES string of the molecule is Cc1cc(C)c(NC(=O)CN(C)C(=O)c2cc(C(C)C)n(C(C)(C)C)n2)c(C)c1. The Kier molecular flexibility index (Phi) is 6.56. The second kappa shape index (κ2) is 8.39. The Morgan fingerprint density at radius 3 is 2.10 bits per heavy atom. The minimum Gasteiger partial charge on any atom is -0.331 e. The number of hydrogen-bond acceptors (Lipinski definition) is 3. The third kappa shape index (κ3) is 5.25. The fourth-order valence-corrected chi connectivity index (χ4v) is 3.49. The Morgan fingerprint density at radius 2 is 1.66 bits per heavy atom. The number of aryl methyl sites for hydroxylation is 3. The van der Waals surface area contributed by atoms with E-state index in [0.29, 0.717) is 5.69 Å². The van der Waals surface area contributed by atoms with Crippen LogP contribution in [0.5, 0.6) is 0 Å². The Morgan fingerprint density at radius 1 is 1.10 bits per heavy atom. The maximum atomic E-state index is 12.9. The van der Waals surface area contributed by atoms with E-state index < -0.39 is 0 Å². The van der Waals surface area contributed by atoms with Gasteiger partial charge in [-0.15, -0.1) is 0 Å². The number of nitrogens with one attached hydrogen (secondary N) is 1. The van der Waals surface area contributed by atoms with E-state index in [4.69, 9.17) is 0 Å². The lowest BCUT2D eigenvalue weighted by Crippen LogP contribution is -2.35. The lowest BCUT2D eigenvalue weighted by Gasteiger charge is -2.23. The normalized spacial score (nSPS) is 11.7. The third-order valence-electron chi connectivity index (χ3n) is 4.85. The van der Waals surface area contributed by atoms with Crippen LogP contribution in [0.15, 0.2) is 18.2 Å². The summed E-state index contributed by atoms with van der Waals surface area (Å²) in [5.41, 5.74) is 5.12. The van der Waals surface area contributed by atoms with E-state index in [1.54, 1.807) is 7.05 Å². The molecule has 0 saturated carbocycles. The van der Waals surface area contributed by atoms with Gasteiger partial charge in [-0.25, -0.2) is 0 Å². The summed E-state index contributed by atoms with van der Waals surface area (Å²) in [5, 5.41) is 7.49. The molecule has 0 bridgehead atoms. The first-order valence-corrected chi connectivity index (χ1v) is 10.0. The maximum Gasteiger partial charge on any atom is 0.274 e. The van der Waals surface area contributed by atoms with Gasteiger partial charge < -0.3 is 10.2 Å². The highest BCUT2D eigenvalue weighted by Gasteiger charge is 2.25. The first-order chi connectivity index (χ1) is 13.3. The van der Waals surface area contributed by atoms with Crippen molar-refractivity contribution in [2.24, 2.45) is 0 Å². The molecule has 158 valence electrons. The van der Waals surface area contributed by atoms with Gasteiger partial charge in [0.05, 0.1) is 12.1 Å². The zero-order chi connectivity index (χ0) is 22.1. The van der Waals surface area contributed by atoms with Crippen molar-refractivity contribution < 1.29 is 9.59 Å². The molecule has 1 aromatic heterocycles. The molecule has 0 radical (unpaired) electrons. The highest BCUT2D eigenvalue weighted by molar-refractivity contribution is 5.99. The van der Waals surface area contributed by atoms with Crippen molar-refractivity contribution in [1.82, 2.24) is 14.7 Å². The quantitative estimate of drug-likeness (QED) is 0.812. The van der Waals surface area contributed by atoms with E-state index in [-0.39, 0.29) is 29.8 Å². The Balaban J connectivity index is 2.16. The molecular formula is C23H34N4O2. The van der Waals surface area contributed by atoms with Gasteiger partial charge in [0.15, 0.2) is 5.69 Å². The number of amides is 2. The highest BCUT2D eigenvalue weighted by Crippen LogP contribution is 2.24. The average Bonchev–Trinajstić information content (AvgIpc) is 3.03. The van der Waals surface area contributed by atoms with Crippen LogP contribution in [0.3, 0.4) is 0 Å². The van der Waals surface area contributed by atoms with Crippen molar-refractivity contribution in [3.05, 3.63) is 46.3 Å². The molecule has 0 fully saturated rings. The maximum absolute atomic E-state index is 12.9. The number of carbonyl (C=O) groups excluding carboxylic acids is 2. The zero-order valence-corrected chi connectivity index (χ0v) is 19.2. The topological polar surface area (TPSA) is 67.2 Å². The number of rotatable bonds is 5. The van der Waals surface area contributed by atoms with E-state index in [1.165, 1.54) is 4.90 Å². The molecule has 2 rings (SSSR count). The van der Waals surface area contributed by atoms with Crippen LogP contribution in [0.4, 0.5) is 5.69 Å². The molecule has 2 amide bonds. The van der Waals surface area contributed by atoms with Crippen LogP contribution < -0.4 is 5.32 Å². The lowest BCUT2D eigenvalue weighted by atomic mass is 10.1. The highest BCUT2D eigenvalue weighted by atomic mass is 16.2. The van der Waals surface area contributed by atoms with Crippen LogP contribution >= 0.6 is 0 Å². The van der Waals surface area contributed by atoms with Crippen LogP contribution in [0.1, 0.15) is 73.4 Å². The first kappa shape index (κ1) is 22.7. The average molecular weight is 399 g/mol. The van der Waals surface area contributed by atoms with Crippen molar-refractivity contribution >= 4 is 17.5 Å². The van der Waals surface area contributed by atoms with E-state index in [0.717, 1.165) is 28.1 Å². The molecular weight excluding hydrogens is 364 g/mol. The molecule has 6 nitrogen and oxygen atoms in total. The standard InChI is InChI=1S/C23H34N4O2/c1-14(2)19-12-18(25-27(19)23(6,7)8)22(29)26(9)13-20(28)24-21-16(4)10-15(3)11-17(21)5/h10-12,14H,13H2,1-9H3,(H,24,28). The molecule has 0 atom stereocenters. The van der Waals surface area contributed by atoms with Crippen molar-refractivity contribution in [2.45, 2.75) is 66.8 Å². The minimum absolute atomic E-state index is 0.0367. The number of aromatic nitrogens is 2. The summed E-state index contributed by atoms with van der Waals surface area (Å²) in [6, 6.07) is 5.90. The van der Waals surface area contributed by atoms with Gasteiger partial charge in [-0.05, 0) is 64.7 Å². The van der Waals surface area contributed by atoms with Gasteiger partial charge in [-0.2, -0.15) is 5.10 Å². The van der Waals surface area contributed by atoms with Crippen LogP contribution in [-0.2, 0) is 10.3 Å². The summed E-state index contributed by atoms with van der Waals surface area (Å²) in [4.78, 5) is 26.9. The van der Waals surface area contributed by atoms with E-state index in [9.17, 15) is 9.59 Å². The van der Waals surface area contributed by atoms with E-state index in [2.05, 4.69) is 45.0 Å². The second-order valence-corrected chi connectivity index (χ2v) is 9.17. The number of likely N-dealkylation sites (N-methyl/N-ethyl adjacent to an activating group) is 1. The summed E-state index contributed by atoms with van der Waals surface area (Å²) in [7, 11) is 1.63. The molecule has 0 saturated heterocycles. The number of benzene rings is 1. The minimum atomic E-state index is -0.262. The number of carbonyl (C=O) groups is 2. The van der Waals surface area contributed by atoms with E-state index >= 15 is 0 Å². The molecule has 0 spiro atoms. The Labute approximate surface area is 174 Å². The summed E-state index contributed by atoms with van der Waals surface area (Å²) in [6.07, 6.45) is 0. The monoisotopic (exact) mass is 398 g/mol. The van der Waals surface area contributed by atoms with Gasteiger partial charge in [0.25, 0.3) is 5.91 Å². The fourth-order valence-electron chi connectivity index (χ4n) is 3.49. The molecule has 0 aliphatic carbocycles. The van der Waals surface area contributed by atoms with Crippen LogP contribution in [-0.4, -0.2) is 40.1 Å². The molecule has 2 aromatic rings. The van der Waals surface area contributed by atoms with Crippen molar-refractivity contribution in [3.63, 3.8) is 0 Å². The third-order valence-corrected chi connectivity index (χ3v) is 4.85. The zero-order valence-electron chi connectivity index (χ0n) is 19.2. The van der Waals surface area contributed by atoms with Crippen molar-refractivity contribution in [2.75, 3.05) is 18.9 Å². The number of nitrogens with zero attached hydrogens (tertiary/aromatic N) is 3. The van der Waals surface area contributed by atoms with E-state index in [1.807, 2.05) is 43.7 Å². The van der Waals surface area contributed by atoms with Gasteiger partial charge >= 0.3 is 0 Å². The predicted molar refractivity (Wildman–Crippen MR) is 118 cm³/mol. The Bertz CT molecular complexity index is 896. The van der Waals surface area contributed by atoms with Gasteiger partial charge in [0, 0.05) is 18.4 Å². The molecule has 1 N–H and O–H groups in total. The molecule has 0 aliphatic rings. The first-order valence-electron chi connectivity index (χ1n) is 10.0. The largest absolute Gasteiger partial charge is 0.331 e. The smallest absolute Gasteiger partial charge is 0.274 e. The molecule has 29 heavy (non-hydrogen) atoms. The molecule has 0 unspecified atom stereocenters. The summed E-state index contributed by atoms with van der Waals surface area (Å²) in [6.45, 7) is 16.3. The van der Waals surface area contributed by atoms with Crippen molar-refractivity contribution in [3.8, 4) is 0 Å². The van der Waals surface area contributed by atoms with Gasteiger partial charge in [0.2, 0.25) is 5.91 Å². The predicted octanol–water partition coefficient (Wildman–Crippen LogP) is 4.40. The van der Waals surface area contributed by atoms with Crippen LogP contribution in [0, 0.1) is 20.8 Å². The van der Waals surface area contributed by atoms with Crippen molar-refractivity contribution in [1.29, 1.82) is 0 Å². The summed E-state index contributed by atoms with van der Waals surface area (Å²) >= 11 is 0. The summed E-state index contributed by atoms with van der Waals surface area (Å²) in [5.74, 6) is -0.248. The van der Waals surface area contributed by atoms with Gasteiger partial charge in [0.1, 0.15) is 0 Å².